The second-order valence-corrected chi connectivity index (χ2v) is 7.27. The molecule has 1 aromatic rings. The summed E-state index contributed by atoms with van der Waals surface area (Å²) in [7, 11) is 1.84. The summed E-state index contributed by atoms with van der Waals surface area (Å²) in [4.78, 5) is 10.8. The van der Waals surface area contributed by atoms with Gasteiger partial charge in [0.15, 0.2) is 5.96 Å². The summed E-state index contributed by atoms with van der Waals surface area (Å²) in [6.07, 6.45) is 3.51. The van der Waals surface area contributed by atoms with E-state index in [9.17, 15) is 0 Å². The van der Waals surface area contributed by atoms with E-state index in [1.807, 2.05) is 18.4 Å². The quantitative estimate of drug-likeness (QED) is 0.405. The van der Waals surface area contributed by atoms with Crippen LogP contribution in [0.4, 0.5) is 0 Å². The van der Waals surface area contributed by atoms with Crippen LogP contribution >= 0.6 is 11.3 Å². The fourth-order valence-electron chi connectivity index (χ4n) is 2.98. The van der Waals surface area contributed by atoms with E-state index in [1.165, 1.54) is 57.0 Å². The maximum Gasteiger partial charge on any atom is 0.190 e. The molecule has 0 unspecified atom stereocenters. The molecule has 5 nitrogen and oxygen atoms in total. The van der Waals surface area contributed by atoms with E-state index in [0.29, 0.717) is 0 Å². The van der Waals surface area contributed by atoms with Crippen molar-refractivity contribution in [2.45, 2.75) is 26.2 Å². The van der Waals surface area contributed by atoms with Gasteiger partial charge < -0.3 is 20.4 Å². The first-order chi connectivity index (χ1) is 11.8. The topological polar surface area (TPSA) is 42.9 Å². The summed E-state index contributed by atoms with van der Waals surface area (Å²) >= 11 is 1.81. The maximum absolute atomic E-state index is 4.29. The molecule has 0 atom stereocenters. The van der Waals surface area contributed by atoms with Gasteiger partial charge in [-0.2, -0.15) is 0 Å². The van der Waals surface area contributed by atoms with Gasteiger partial charge in [-0.05, 0) is 43.8 Å². The Labute approximate surface area is 151 Å². The van der Waals surface area contributed by atoms with Gasteiger partial charge in [0.1, 0.15) is 0 Å². The molecule has 2 heterocycles. The van der Waals surface area contributed by atoms with Crippen molar-refractivity contribution in [2.24, 2.45) is 4.99 Å². The zero-order chi connectivity index (χ0) is 17.0. The Hall–Kier alpha value is -1.11. The number of nitrogens with zero attached hydrogens (tertiary/aromatic N) is 3. The van der Waals surface area contributed by atoms with Crippen molar-refractivity contribution in [1.82, 2.24) is 20.4 Å². The minimum atomic E-state index is 0.920. The van der Waals surface area contributed by atoms with Gasteiger partial charge in [-0.3, -0.25) is 4.99 Å². The smallest absolute Gasteiger partial charge is 0.190 e. The van der Waals surface area contributed by atoms with Gasteiger partial charge in [0, 0.05) is 51.2 Å². The standard InChI is InChI=1S/C18H33N5S/c1-3-22-12-14-23(15-13-22)11-5-4-9-20-18(19-2)21-10-8-17-7-6-16-24-17/h6-7,16H,3-5,8-15H2,1-2H3,(H2,19,20,21). The second kappa shape index (κ2) is 11.4. The molecular formula is C18H33N5S. The Balaban J connectivity index is 1.48. The van der Waals surface area contributed by atoms with E-state index in [-0.39, 0.29) is 0 Å². The third-order valence-electron chi connectivity index (χ3n) is 4.57. The number of unbranched alkanes of at least 4 members (excludes halogenated alkanes) is 1. The summed E-state index contributed by atoms with van der Waals surface area (Å²) in [5.41, 5.74) is 0. The number of likely N-dealkylation sites (N-methyl/N-ethyl adjacent to an activating group) is 1. The molecule has 0 aromatic carbocycles. The summed E-state index contributed by atoms with van der Waals surface area (Å²) in [6.45, 7) is 11.5. The lowest BCUT2D eigenvalue weighted by atomic mass is 10.2. The van der Waals surface area contributed by atoms with Crippen LogP contribution in [-0.2, 0) is 6.42 Å². The molecule has 2 rings (SSSR count). The molecule has 0 spiro atoms. The molecule has 24 heavy (non-hydrogen) atoms. The molecule has 0 bridgehead atoms. The average Bonchev–Trinajstić information content (AvgIpc) is 3.14. The Bertz CT molecular complexity index is 452. The zero-order valence-corrected chi connectivity index (χ0v) is 16.1. The predicted octanol–water partition coefficient (Wildman–Crippen LogP) is 1.87. The zero-order valence-electron chi connectivity index (χ0n) is 15.3. The average molecular weight is 352 g/mol. The molecule has 1 aromatic heterocycles. The number of hydrogen-bond acceptors (Lipinski definition) is 4. The van der Waals surface area contributed by atoms with Crippen molar-refractivity contribution in [2.75, 3.05) is 59.4 Å². The van der Waals surface area contributed by atoms with E-state index in [4.69, 9.17) is 0 Å². The fourth-order valence-corrected chi connectivity index (χ4v) is 3.68. The first kappa shape index (κ1) is 19.2. The highest BCUT2D eigenvalue weighted by Crippen LogP contribution is 2.08. The highest BCUT2D eigenvalue weighted by atomic mass is 32.1. The van der Waals surface area contributed by atoms with E-state index in [0.717, 1.165) is 25.5 Å². The number of piperazine rings is 1. The Morgan fingerprint density at radius 3 is 2.54 bits per heavy atom. The molecule has 0 aliphatic carbocycles. The summed E-state index contributed by atoms with van der Waals surface area (Å²) in [5, 5.41) is 8.94. The molecule has 0 amide bonds. The van der Waals surface area contributed by atoms with E-state index in [1.54, 1.807) is 0 Å². The number of aliphatic imine (C=N–C) groups is 1. The highest BCUT2D eigenvalue weighted by Gasteiger charge is 2.14. The van der Waals surface area contributed by atoms with Crippen LogP contribution in [0.5, 0.6) is 0 Å². The summed E-state index contributed by atoms with van der Waals surface area (Å²) in [6, 6.07) is 4.29. The van der Waals surface area contributed by atoms with Crippen LogP contribution < -0.4 is 10.6 Å². The van der Waals surface area contributed by atoms with Gasteiger partial charge in [0.25, 0.3) is 0 Å². The van der Waals surface area contributed by atoms with Crippen LogP contribution in [0.3, 0.4) is 0 Å². The molecule has 0 radical (unpaired) electrons. The van der Waals surface area contributed by atoms with Gasteiger partial charge >= 0.3 is 0 Å². The number of hydrogen-bond donors (Lipinski definition) is 2. The Morgan fingerprint density at radius 2 is 1.88 bits per heavy atom. The Kier molecular flexibility index (Phi) is 9.16. The third-order valence-corrected chi connectivity index (χ3v) is 5.51. The van der Waals surface area contributed by atoms with Crippen molar-refractivity contribution in [3.8, 4) is 0 Å². The van der Waals surface area contributed by atoms with Crippen molar-refractivity contribution in [1.29, 1.82) is 0 Å². The first-order valence-electron chi connectivity index (χ1n) is 9.23. The van der Waals surface area contributed by atoms with Crippen LogP contribution in [0.2, 0.25) is 0 Å². The first-order valence-corrected chi connectivity index (χ1v) is 10.1. The van der Waals surface area contributed by atoms with Crippen LogP contribution in [-0.4, -0.2) is 75.2 Å². The van der Waals surface area contributed by atoms with E-state index < -0.39 is 0 Å². The van der Waals surface area contributed by atoms with Crippen molar-refractivity contribution >= 4 is 17.3 Å². The van der Waals surface area contributed by atoms with Crippen LogP contribution in [0.25, 0.3) is 0 Å². The molecule has 2 N–H and O–H groups in total. The number of thiophene rings is 1. The van der Waals surface area contributed by atoms with Gasteiger partial charge in [0.05, 0.1) is 0 Å². The van der Waals surface area contributed by atoms with Crippen LogP contribution in [0.1, 0.15) is 24.6 Å². The number of rotatable bonds is 9. The van der Waals surface area contributed by atoms with E-state index >= 15 is 0 Å². The van der Waals surface area contributed by atoms with Gasteiger partial charge in [-0.1, -0.05) is 13.0 Å². The molecule has 1 aliphatic heterocycles. The molecular weight excluding hydrogens is 318 g/mol. The SMILES string of the molecule is CCN1CCN(CCCCNC(=NC)NCCc2cccs2)CC1. The molecule has 1 saturated heterocycles. The van der Waals surface area contributed by atoms with Gasteiger partial charge in [-0.25, -0.2) is 0 Å². The van der Waals surface area contributed by atoms with E-state index in [2.05, 4.69) is 49.9 Å². The molecule has 0 saturated carbocycles. The van der Waals surface area contributed by atoms with Crippen molar-refractivity contribution in [3.63, 3.8) is 0 Å². The van der Waals surface area contributed by atoms with Crippen molar-refractivity contribution in [3.05, 3.63) is 22.4 Å². The predicted molar refractivity (Wildman–Crippen MR) is 105 cm³/mol. The van der Waals surface area contributed by atoms with Gasteiger partial charge in [0.2, 0.25) is 0 Å². The number of guanidine groups is 1. The lowest BCUT2D eigenvalue weighted by Crippen LogP contribution is -2.46. The maximum atomic E-state index is 4.29. The largest absolute Gasteiger partial charge is 0.356 e. The van der Waals surface area contributed by atoms with Gasteiger partial charge in [-0.15, -0.1) is 11.3 Å². The lowest BCUT2D eigenvalue weighted by molar-refractivity contribution is 0.136. The third kappa shape index (κ3) is 7.20. The monoisotopic (exact) mass is 351 g/mol. The second-order valence-electron chi connectivity index (χ2n) is 6.24. The normalized spacial score (nSPS) is 17.2. The van der Waals surface area contributed by atoms with Crippen LogP contribution in [0, 0.1) is 0 Å². The fraction of sp³-hybridized carbons (Fsp3) is 0.722. The summed E-state index contributed by atoms with van der Waals surface area (Å²) in [5.74, 6) is 0.920. The Morgan fingerprint density at radius 1 is 1.12 bits per heavy atom. The minimum absolute atomic E-state index is 0.920. The van der Waals surface area contributed by atoms with Crippen molar-refractivity contribution < 1.29 is 0 Å². The molecule has 1 fully saturated rings. The minimum Gasteiger partial charge on any atom is -0.356 e. The molecule has 1 aliphatic rings. The van der Waals surface area contributed by atoms with Crippen LogP contribution in [0.15, 0.2) is 22.5 Å². The molecule has 6 heteroatoms. The lowest BCUT2D eigenvalue weighted by Gasteiger charge is -2.34. The summed E-state index contributed by atoms with van der Waals surface area (Å²) < 4.78 is 0. The number of nitrogens with one attached hydrogen (secondary N) is 2. The highest BCUT2D eigenvalue weighted by molar-refractivity contribution is 7.09. The molecule has 136 valence electrons.